The topological polar surface area (TPSA) is 74.1 Å². The zero-order valence-electron chi connectivity index (χ0n) is 17.2. The highest BCUT2D eigenvalue weighted by Crippen LogP contribution is 2.37. The summed E-state index contributed by atoms with van der Waals surface area (Å²) in [6.07, 6.45) is 0.853. The molecule has 1 aromatic carbocycles. The minimum atomic E-state index is -0.383. The molecule has 0 aliphatic carbocycles. The molecule has 30 heavy (non-hydrogen) atoms. The number of fused-ring (bicyclic) bond motifs is 3. The number of rotatable bonds is 6. The van der Waals surface area contributed by atoms with Crippen LogP contribution in [-0.2, 0) is 16.1 Å². The van der Waals surface area contributed by atoms with Crippen LogP contribution in [0.25, 0.3) is 0 Å². The first-order valence-electron chi connectivity index (χ1n) is 10.1. The van der Waals surface area contributed by atoms with Gasteiger partial charge in [0.1, 0.15) is 11.9 Å². The molecule has 2 aliphatic heterocycles. The summed E-state index contributed by atoms with van der Waals surface area (Å²) in [7, 11) is 0. The summed E-state index contributed by atoms with van der Waals surface area (Å²) in [6.45, 7) is 6.50. The van der Waals surface area contributed by atoms with E-state index in [-0.39, 0.29) is 29.0 Å². The number of amidine groups is 2. The number of carbonyl (C=O) groups is 2. The molecule has 3 unspecified atom stereocenters. The summed E-state index contributed by atoms with van der Waals surface area (Å²) in [5, 5.41) is 5.28. The number of amides is 2. The number of nitrogens with one attached hydrogen (secondary N) is 1. The van der Waals surface area contributed by atoms with E-state index in [0.717, 1.165) is 22.5 Å². The lowest BCUT2D eigenvalue weighted by Gasteiger charge is -2.34. The van der Waals surface area contributed by atoms with E-state index in [4.69, 9.17) is 4.99 Å². The van der Waals surface area contributed by atoms with Gasteiger partial charge < -0.3 is 5.32 Å². The van der Waals surface area contributed by atoms with E-state index in [0.29, 0.717) is 17.5 Å². The van der Waals surface area contributed by atoms with Crippen molar-refractivity contribution in [1.82, 2.24) is 10.2 Å². The van der Waals surface area contributed by atoms with Crippen molar-refractivity contribution >= 4 is 51.6 Å². The van der Waals surface area contributed by atoms with Crippen LogP contribution in [0.3, 0.4) is 0 Å². The Kier molecular flexibility index (Phi) is 6.06. The van der Waals surface area contributed by atoms with Crippen LogP contribution in [0.1, 0.15) is 37.6 Å². The number of carbonyl (C=O) groups excluding carboxylic acids is 2. The molecule has 0 fully saturated rings. The van der Waals surface area contributed by atoms with Crippen molar-refractivity contribution in [3.8, 4) is 0 Å². The van der Waals surface area contributed by atoms with Crippen LogP contribution in [0, 0.1) is 5.92 Å². The predicted octanol–water partition coefficient (Wildman–Crippen LogP) is 4.19. The Morgan fingerprint density at radius 1 is 1.23 bits per heavy atom. The van der Waals surface area contributed by atoms with Crippen LogP contribution < -0.4 is 5.32 Å². The highest BCUT2D eigenvalue weighted by atomic mass is 32.2. The van der Waals surface area contributed by atoms with Crippen LogP contribution >= 0.6 is 23.1 Å². The lowest BCUT2D eigenvalue weighted by molar-refractivity contribution is -0.121. The van der Waals surface area contributed by atoms with E-state index < -0.39 is 0 Å². The second-order valence-corrected chi connectivity index (χ2v) is 9.78. The summed E-state index contributed by atoms with van der Waals surface area (Å²) in [4.78, 5) is 37.7. The van der Waals surface area contributed by atoms with Crippen molar-refractivity contribution < 1.29 is 9.59 Å². The highest BCUT2D eigenvalue weighted by Gasteiger charge is 2.44. The van der Waals surface area contributed by atoms with E-state index in [9.17, 15) is 9.59 Å². The van der Waals surface area contributed by atoms with Gasteiger partial charge in [-0.3, -0.25) is 14.5 Å². The number of nitrogens with zero attached hydrogens (tertiary/aromatic N) is 3. The van der Waals surface area contributed by atoms with Gasteiger partial charge in [0.2, 0.25) is 5.91 Å². The van der Waals surface area contributed by atoms with Gasteiger partial charge in [0.25, 0.3) is 5.91 Å². The zero-order valence-corrected chi connectivity index (χ0v) is 18.8. The lowest BCUT2D eigenvalue weighted by Crippen LogP contribution is -2.47. The van der Waals surface area contributed by atoms with Gasteiger partial charge in [-0.1, -0.05) is 50.2 Å². The molecule has 0 radical (unpaired) electrons. The summed E-state index contributed by atoms with van der Waals surface area (Å²) < 4.78 is 0. The molecule has 3 heterocycles. The molecule has 156 valence electrons. The van der Waals surface area contributed by atoms with Crippen molar-refractivity contribution in [3.05, 3.63) is 52.2 Å². The quantitative estimate of drug-likeness (QED) is 0.731. The number of thioether (sulfide) groups is 1. The highest BCUT2D eigenvalue weighted by molar-refractivity contribution is 8.14. The Hall–Kier alpha value is -2.45. The SMILES string of the molecule is CCC(C)C1C(=O)N=C2c3ccccc3N=C(SC(C)C(=O)NCc3cccs3)N21. The van der Waals surface area contributed by atoms with Crippen molar-refractivity contribution in [1.29, 1.82) is 0 Å². The Bertz CT molecular complexity index is 1020. The van der Waals surface area contributed by atoms with Gasteiger partial charge in [-0.05, 0) is 36.4 Å². The first kappa shape index (κ1) is 20.8. The number of benzene rings is 1. The third-order valence-electron chi connectivity index (χ3n) is 5.39. The number of hydrogen-bond donors (Lipinski definition) is 1. The largest absolute Gasteiger partial charge is 0.350 e. The number of para-hydroxylation sites is 1. The summed E-state index contributed by atoms with van der Waals surface area (Å²) in [6, 6.07) is 11.3. The lowest BCUT2D eigenvalue weighted by atomic mass is 9.97. The maximum atomic E-state index is 12.8. The van der Waals surface area contributed by atoms with E-state index in [1.165, 1.54) is 11.8 Å². The molecule has 3 atom stereocenters. The number of thiophene rings is 1. The Labute approximate surface area is 184 Å². The Balaban J connectivity index is 1.58. The van der Waals surface area contributed by atoms with Gasteiger partial charge in [-0.2, -0.15) is 4.99 Å². The molecule has 2 amide bonds. The van der Waals surface area contributed by atoms with Crippen molar-refractivity contribution in [2.24, 2.45) is 15.9 Å². The van der Waals surface area contributed by atoms with Crippen LogP contribution in [-0.4, -0.2) is 39.0 Å². The molecule has 6 nitrogen and oxygen atoms in total. The molecular formula is C22H24N4O2S2. The summed E-state index contributed by atoms with van der Waals surface area (Å²) in [5.74, 6) is 0.570. The van der Waals surface area contributed by atoms with Gasteiger partial charge >= 0.3 is 0 Å². The molecular weight excluding hydrogens is 416 g/mol. The normalized spacial score (nSPS) is 19.5. The molecule has 0 saturated carbocycles. The number of aliphatic imine (C=N–C) groups is 2. The maximum Gasteiger partial charge on any atom is 0.271 e. The fraction of sp³-hybridized carbons (Fsp3) is 0.364. The fourth-order valence-electron chi connectivity index (χ4n) is 3.53. The van der Waals surface area contributed by atoms with Gasteiger partial charge in [-0.25, -0.2) is 4.99 Å². The average Bonchev–Trinajstić information content (AvgIpc) is 3.39. The third-order valence-corrected chi connectivity index (χ3v) is 7.34. The molecule has 8 heteroatoms. The van der Waals surface area contributed by atoms with Crippen molar-refractivity contribution in [3.63, 3.8) is 0 Å². The van der Waals surface area contributed by atoms with Gasteiger partial charge in [-0.15, -0.1) is 11.3 Å². The molecule has 1 aromatic heterocycles. The van der Waals surface area contributed by atoms with E-state index in [1.807, 2.05) is 53.6 Å². The van der Waals surface area contributed by atoms with Crippen LogP contribution in [0.4, 0.5) is 5.69 Å². The monoisotopic (exact) mass is 440 g/mol. The maximum absolute atomic E-state index is 12.8. The minimum absolute atomic E-state index is 0.0564. The second-order valence-electron chi connectivity index (χ2n) is 7.44. The van der Waals surface area contributed by atoms with Gasteiger partial charge in [0.15, 0.2) is 5.17 Å². The molecule has 0 saturated heterocycles. The van der Waals surface area contributed by atoms with Crippen LogP contribution in [0.2, 0.25) is 0 Å². The Morgan fingerprint density at radius 3 is 2.77 bits per heavy atom. The zero-order chi connectivity index (χ0) is 21.3. The van der Waals surface area contributed by atoms with E-state index >= 15 is 0 Å². The van der Waals surface area contributed by atoms with E-state index in [2.05, 4.69) is 24.2 Å². The first-order valence-corrected chi connectivity index (χ1v) is 11.8. The van der Waals surface area contributed by atoms with Crippen molar-refractivity contribution in [2.45, 2.75) is 45.0 Å². The smallest absolute Gasteiger partial charge is 0.271 e. The van der Waals surface area contributed by atoms with Crippen LogP contribution in [0.5, 0.6) is 0 Å². The summed E-state index contributed by atoms with van der Waals surface area (Å²) >= 11 is 2.99. The minimum Gasteiger partial charge on any atom is -0.350 e. The molecule has 2 aromatic rings. The Morgan fingerprint density at radius 2 is 2.03 bits per heavy atom. The average molecular weight is 441 g/mol. The standard InChI is InChI=1S/C22H24N4O2S2/c1-4-13(2)18-21(28)25-19-16-9-5-6-10-17(16)24-22(26(18)19)30-14(3)20(27)23-12-15-8-7-11-29-15/h5-11,13-14,18H,4,12H2,1-3H3,(H,23,27). The number of hydrogen-bond acceptors (Lipinski definition) is 6. The first-order chi connectivity index (χ1) is 14.5. The van der Waals surface area contributed by atoms with Crippen molar-refractivity contribution in [2.75, 3.05) is 0 Å². The van der Waals surface area contributed by atoms with Gasteiger partial charge in [0, 0.05) is 10.4 Å². The molecule has 1 N–H and O–H groups in total. The van der Waals surface area contributed by atoms with E-state index in [1.54, 1.807) is 11.3 Å². The second kappa shape index (κ2) is 8.73. The van der Waals surface area contributed by atoms with Crippen LogP contribution in [0.15, 0.2) is 51.8 Å². The summed E-state index contributed by atoms with van der Waals surface area (Å²) in [5.41, 5.74) is 1.63. The molecule has 0 bridgehead atoms. The predicted molar refractivity (Wildman–Crippen MR) is 123 cm³/mol. The third kappa shape index (κ3) is 3.94. The fourth-order valence-corrected chi connectivity index (χ4v) is 5.15. The van der Waals surface area contributed by atoms with Gasteiger partial charge in [0.05, 0.1) is 17.5 Å². The molecule has 2 aliphatic rings. The molecule has 0 spiro atoms. The molecule has 4 rings (SSSR count).